The summed E-state index contributed by atoms with van der Waals surface area (Å²) >= 11 is 0. The molecule has 2 aromatic carbocycles. The number of nitrogens with zero attached hydrogens (tertiary/aromatic N) is 3. The predicted molar refractivity (Wildman–Crippen MR) is 161 cm³/mol. The van der Waals surface area contributed by atoms with Crippen molar-refractivity contribution in [3.05, 3.63) is 84.5 Å². The number of anilines is 1. The monoisotopic (exact) mass is 585 g/mol. The molecule has 1 spiro atoms. The number of aliphatic hydroxyl groups is 1. The van der Waals surface area contributed by atoms with Gasteiger partial charge in [-0.2, -0.15) is 0 Å². The highest BCUT2D eigenvalue weighted by atomic mass is 16.5. The maximum atomic E-state index is 14.7. The van der Waals surface area contributed by atoms with Crippen LogP contribution < -0.4 is 9.64 Å². The number of aliphatic hydroxyl groups excluding tert-OH is 1. The number of carbonyl (C=O) groups is 3. The highest BCUT2D eigenvalue weighted by molar-refractivity contribution is 6.06. The van der Waals surface area contributed by atoms with Gasteiger partial charge in [-0.1, -0.05) is 68.5 Å². The number of hydrogen-bond acceptors (Lipinski definition) is 6. The van der Waals surface area contributed by atoms with Crippen molar-refractivity contribution in [1.29, 1.82) is 0 Å². The van der Waals surface area contributed by atoms with Gasteiger partial charge < -0.3 is 29.3 Å². The Bertz CT molecular complexity index is 1460. The summed E-state index contributed by atoms with van der Waals surface area (Å²) in [7, 11) is 1.58. The average molecular weight is 586 g/mol. The highest BCUT2D eigenvalue weighted by Gasteiger charge is 2.75. The van der Waals surface area contributed by atoms with Gasteiger partial charge in [-0.3, -0.25) is 14.4 Å². The van der Waals surface area contributed by atoms with Crippen molar-refractivity contribution in [2.75, 3.05) is 31.7 Å². The lowest BCUT2D eigenvalue weighted by Crippen LogP contribution is -2.59. The minimum Gasteiger partial charge on any atom is -0.497 e. The lowest BCUT2D eigenvalue weighted by Gasteiger charge is -2.41. The fourth-order valence-corrected chi connectivity index (χ4v) is 7.43. The Hall–Kier alpha value is -3.95. The summed E-state index contributed by atoms with van der Waals surface area (Å²) in [5.74, 6) is -2.13. The largest absolute Gasteiger partial charge is 0.497 e. The third-order valence-electron chi connectivity index (χ3n) is 9.49. The van der Waals surface area contributed by atoms with E-state index in [-0.39, 0.29) is 36.8 Å². The minimum atomic E-state index is -1.40. The van der Waals surface area contributed by atoms with Crippen LogP contribution in [0.2, 0.25) is 0 Å². The van der Waals surface area contributed by atoms with Gasteiger partial charge >= 0.3 is 0 Å². The van der Waals surface area contributed by atoms with Crippen molar-refractivity contribution < 1.29 is 29.0 Å². The van der Waals surface area contributed by atoms with E-state index in [1.54, 1.807) is 29.0 Å². The number of amides is 3. The van der Waals surface area contributed by atoms with Crippen LogP contribution in [0.3, 0.4) is 0 Å². The molecular weight excluding hydrogens is 546 g/mol. The van der Waals surface area contributed by atoms with Gasteiger partial charge in [-0.05, 0) is 42.7 Å². The van der Waals surface area contributed by atoms with Crippen LogP contribution in [-0.4, -0.2) is 82.7 Å². The Morgan fingerprint density at radius 2 is 1.63 bits per heavy atom. The Kier molecular flexibility index (Phi) is 7.42. The Morgan fingerprint density at radius 1 is 0.930 bits per heavy atom. The van der Waals surface area contributed by atoms with Gasteiger partial charge in [0.2, 0.25) is 11.8 Å². The third kappa shape index (κ3) is 4.57. The van der Waals surface area contributed by atoms with Crippen molar-refractivity contribution in [2.45, 2.75) is 50.6 Å². The van der Waals surface area contributed by atoms with Crippen molar-refractivity contribution in [3.63, 3.8) is 0 Å². The van der Waals surface area contributed by atoms with Gasteiger partial charge in [0.1, 0.15) is 17.4 Å². The first kappa shape index (κ1) is 29.1. The summed E-state index contributed by atoms with van der Waals surface area (Å²) in [5, 5.41) is 10.5. The third-order valence-corrected chi connectivity index (χ3v) is 9.49. The molecule has 3 amide bonds. The summed E-state index contributed by atoms with van der Waals surface area (Å²) < 4.78 is 12.2. The summed E-state index contributed by atoms with van der Waals surface area (Å²) in [4.78, 5) is 48.7. The number of likely N-dealkylation sites (tertiary alicyclic amines) is 1. The summed E-state index contributed by atoms with van der Waals surface area (Å²) in [6.07, 6.45) is 7.50. The first-order valence-corrected chi connectivity index (χ1v) is 14.9. The SMILES string of the molecule is COc1ccc(N2CC=C[C@]34O[C@@]5(C)C=CCN(Cc6ccccc6)C(=O)[C@H]5[C@H]3C(=O)N([C@@H](CO)C(C)C)C4C2=O)cc1. The lowest BCUT2D eigenvalue weighted by molar-refractivity contribution is -0.152. The molecule has 4 heterocycles. The molecule has 4 aliphatic rings. The fourth-order valence-electron chi connectivity index (χ4n) is 7.43. The van der Waals surface area contributed by atoms with Gasteiger partial charge in [-0.15, -0.1) is 0 Å². The van der Waals surface area contributed by atoms with Gasteiger partial charge in [0.05, 0.1) is 37.2 Å². The number of fused-ring (bicyclic) bond motifs is 2. The van der Waals surface area contributed by atoms with Crippen molar-refractivity contribution in [1.82, 2.24) is 9.80 Å². The molecule has 2 fully saturated rings. The zero-order valence-corrected chi connectivity index (χ0v) is 25.1. The van der Waals surface area contributed by atoms with Crippen LogP contribution in [0, 0.1) is 17.8 Å². The molecule has 2 aromatic rings. The van der Waals surface area contributed by atoms with E-state index in [1.165, 1.54) is 4.90 Å². The second kappa shape index (κ2) is 11.0. The Balaban J connectivity index is 1.46. The van der Waals surface area contributed by atoms with E-state index in [4.69, 9.17) is 9.47 Å². The number of hydrogen-bond donors (Lipinski definition) is 1. The summed E-state index contributed by atoms with van der Waals surface area (Å²) in [5.41, 5.74) is -0.873. The Labute approximate surface area is 252 Å². The summed E-state index contributed by atoms with van der Waals surface area (Å²) in [6.45, 7) is 6.39. The normalized spacial score (nSPS) is 30.7. The molecule has 0 saturated carbocycles. The fraction of sp³-hybridized carbons (Fsp3) is 0.441. The predicted octanol–water partition coefficient (Wildman–Crippen LogP) is 3.18. The van der Waals surface area contributed by atoms with Crippen LogP contribution in [0.5, 0.6) is 5.75 Å². The quantitative estimate of drug-likeness (QED) is 0.502. The minimum absolute atomic E-state index is 0.148. The van der Waals surface area contributed by atoms with Crippen LogP contribution >= 0.6 is 0 Å². The van der Waals surface area contributed by atoms with E-state index >= 15 is 0 Å². The second-order valence-electron chi connectivity index (χ2n) is 12.4. The standard InChI is InChI=1S/C34H39N3O6/c1-22(2)26(21-38)37-29-32(41)36(24-12-14-25(42-4)15-13-24)19-9-17-34(29)28(31(37)40)27-30(39)35(18-8-16-33(27,3)43-34)20-23-10-6-5-7-11-23/h5-17,22,26-29,38H,18-21H2,1-4H3/t26-,27+,28-,29?,33-,34-/m0/s1. The number of carbonyl (C=O) groups excluding carboxylic acids is 3. The topological polar surface area (TPSA) is 99.6 Å². The molecule has 226 valence electrons. The number of benzene rings is 2. The van der Waals surface area contributed by atoms with Crippen LogP contribution in [-0.2, 0) is 25.7 Å². The van der Waals surface area contributed by atoms with Gasteiger partial charge in [0.15, 0.2) is 0 Å². The zero-order valence-electron chi connectivity index (χ0n) is 25.1. The molecule has 1 unspecified atom stereocenters. The first-order chi connectivity index (χ1) is 20.6. The van der Waals surface area contributed by atoms with Crippen LogP contribution in [0.1, 0.15) is 26.3 Å². The molecule has 6 atom stereocenters. The zero-order chi connectivity index (χ0) is 30.5. The van der Waals surface area contributed by atoms with Gasteiger partial charge in [0.25, 0.3) is 5.91 Å². The lowest BCUT2D eigenvalue weighted by atomic mass is 9.74. The van der Waals surface area contributed by atoms with E-state index < -0.39 is 35.1 Å². The van der Waals surface area contributed by atoms with Crippen LogP contribution in [0.4, 0.5) is 5.69 Å². The van der Waals surface area contributed by atoms with Gasteiger partial charge in [-0.25, -0.2) is 0 Å². The maximum Gasteiger partial charge on any atom is 0.253 e. The summed E-state index contributed by atoms with van der Waals surface area (Å²) in [6, 6.07) is 15.2. The molecule has 0 aromatic heterocycles. The van der Waals surface area contributed by atoms with Gasteiger partial charge in [0, 0.05) is 25.3 Å². The van der Waals surface area contributed by atoms with Crippen LogP contribution in [0.25, 0.3) is 0 Å². The molecule has 4 aliphatic heterocycles. The second-order valence-corrected chi connectivity index (χ2v) is 12.4. The number of rotatable bonds is 7. The van der Waals surface area contributed by atoms with Crippen molar-refractivity contribution in [2.24, 2.45) is 17.8 Å². The van der Waals surface area contributed by atoms with E-state index in [0.717, 1.165) is 5.56 Å². The molecule has 0 aliphatic carbocycles. The van der Waals surface area contributed by atoms with Crippen molar-refractivity contribution >= 4 is 23.4 Å². The van der Waals surface area contributed by atoms with Crippen LogP contribution in [0.15, 0.2) is 78.9 Å². The first-order valence-electron chi connectivity index (χ1n) is 14.9. The molecule has 6 rings (SSSR count). The van der Waals surface area contributed by atoms with E-state index in [0.29, 0.717) is 24.5 Å². The van der Waals surface area contributed by atoms with E-state index in [9.17, 15) is 19.5 Å². The average Bonchev–Trinajstić information content (AvgIpc) is 3.27. The molecular formula is C34H39N3O6. The molecule has 9 nitrogen and oxygen atoms in total. The highest BCUT2D eigenvalue weighted by Crippen LogP contribution is 2.58. The molecule has 43 heavy (non-hydrogen) atoms. The van der Waals surface area contributed by atoms with E-state index in [2.05, 4.69) is 0 Å². The smallest absolute Gasteiger partial charge is 0.253 e. The number of ether oxygens (including phenoxy) is 2. The van der Waals surface area contributed by atoms with E-state index in [1.807, 2.05) is 87.5 Å². The maximum absolute atomic E-state index is 14.7. The molecule has 0 bridgehead atoms. The molecule has 2 saturated heterocycles. The number of methoxy groups -OCH3 is 1. The molecule has 0 radical (unpaired) electrons. The van der Waals surface area contributed by atoms with Crippen molar-refractivity contribution in [3.8, 4) is 5.75 Å². The molecule has 1 N–H and O–H groups in total. The Morgan fingerprint density at radius 3 is 2.28 bits per heavy atom. The molecule has 9 heteroatoms.